The topological polar surface area (TPSA) is 26.0 Å². The normalized spacial score (nSPS) is 9.67. The first-order valence-corrected chi connectivity index (χ1v) is 2.44. The molecule has 0 aromatic carbocycles. The van der Waals surface area contributed by atoms with Crippen molar-refractivity contribution in [3.05, 3.63) is 0 Å². The quantitative estimate of drug-likeness (QED) is 0.509. The Morgan fingerprint density at radius 1 is 1.11 bits per heavy atom. The van der Waals surface area contributed by atoms with Gasteiger partial charge < -0.3 is 5.73 Å². The average molecular weight is 141 g/mol. The Morgan fingerprint density at radius 2 is 1.11 bits per heavy atom. The van der Waals surface area contributed by atoms with Crippen LogP contribution in [0.1, 0.15) is 20.8 Å². The van der Waals surface area contributed by atoms with Crippen LogP contribution in [0.3, 0.4) is 0 Å². The van der Waals surface area contributed by atoms with Crippen LogP contribution >= 0.6 is 0 Å². The standard InChI is InChI=1S/C4H11N.BF3/c1-4(2,3)5;2-1(3)4/h5H2,1-3H3;. The molecule has 0 amide bonds. The Hall–Kier alpha value is -0.185. The van der Waals surface area contributed by atoms with E-state index in [4.69, 9.17) is 5.73 Å². The zero-order valence-corrected chi connectivity index (χ0v) is 5.79. The van der Waals surface area contributed by atoms with Gasteiger partial charge in [-0.15, -0.1) is 0 Å². The van der Waals surface area contributed by atoms with E-state index in [1.54, 1.807) is 0 Å². The lowest BCUT2D eigenvalue weighted by molar-refractivity contribution is 0.535. The molecule has 5 heteroatoms. The van der Waals surface area contributed by atoms with Gasteiger partial charge in [0.15, 0.2) is 0 Å². The van der Waals surface area contributed by atoms with Gasteiger partial charge in [-0.1, -0.05) is 0 Å². The third-order valence-corrected chi connectivity index (χ3v) is 0. The van der Waals surface area contributed by atoms with Gasteiger partial charge in [0.05, 0.1) is 0 Å². The van der Waals surface area contributed by atoms with Gasteiger partial charge in [-0.3, -0.25) is 12.9 Å². The molecule has 0 saturated heterocycles. The fraction of sp³-hybridized carbons (Fsp3) is 1.00. The van der Waals surface area contributed by atoms with Crippen LogP contribution in [0.4, 0.5) is 12.9 Å². The summed E-state index contributed by atoms with van der Waals surface area (Å²) in [7, 11) is -3.67. The molecule has 0 radical (unpaired) electrons. The van der Waals surface area contributed by atoms with Gasteiger partial charge in [0, 0.05) is 5.54 Å². The zero-order chi connectivity index (χ0) is 8.08. The first-order chi connectivity index (χ1) is 3.73. The summed E-state index contributed by atoms with van der Waals surface area (Å²) < 4.78 is 29.0. The summed E-state index contributed by atoms with van der Waals surface area (Å²) in [5, 5.41) is 0. The summed E-state index contributed by atoms with van der Waals surface area (Å²) in [5.41, 5.74) is 5.35. The second-order valence-electron chi connectivity index (χ2n) is 2.61. The number of nitrogens with two attached hydrogens (primary N) is 1. The van der Waals surface area contributed by atoms with Crippen LogP contribution in [0.5, 0.6) is 0 Å². The first-order valence-electron chi connectivity index (χ1n) is 2.44. The molecule has 0 aliphatic carbocycles. The van der Waals surface area contributed by atoms with E-state index in [2.05, 4.69) is 0 Å². The number of hydrogen-bond acceptors (Lipinski definition) is 1. The van der Waals surface area contributed by atoms with Gasteiger partial charge in [-0.05, 0) is 20.8 Å². The molecule has 0 aliphatic rings. The van der Waals surface area contributed by atoms with Crippen molar-refractivity contribution in [2.75, 3.05) is 0 Å². The highest BCUT2D eigenvalue weighted by molar-refractivity contribution is 6.33. The van der Waals surface area contributed by atoms with Gasteiger partial charge in [0.25, 0.3) is 0 Å². The molecule has 2 N–H and O–H groups in total. The van der Waals surface area contributed by atoms with Gasteiger partial charge in [-0.25, -0.2) is 0 Å². The highest BCUT2D eigenvalue weighted by Crippen LogP contribution is 1.88. The lowest BCUT2D eigenvalue weighted by atomic mass is 10.1. The van der Waals surface area contributed by atoms with Crippen molar-refractivity contribution >= 4 is 7.54 Å². The lowest BCUT2D eigenvalue weighted by Crippen LogP contribution is -2.26. The molecule has 0 atom stereocenters. The Balaban J connectivity index is 0. The lowest BCUT2D eigenvalue weighted by Gasteiger charge is -2.06. The molecule has 0 unspecified atom stereocenters. The predicted molar refractivity (Wildman–Crippen MR) is 33.0 cm³/mol. The third kappa shape index (κ3) is 7720. The van der Waals surface area contributed by atoms with Crippen molar-refractivity contribution in [1.82, 2.24) is 0 Å². The molecule has 0 heterocycles. The highest BCUT2D eigenvalue weighted by atomic mass is 19.4. The van der Waals surface area contributed by atoms with Crippen molar-refractivity contribution in [2.45, 2.75) is 26.3 Å². The Kier molecular flexibility index (Phi) is 6.02. The summed E-state index contributed by atoms with van der Waals surface area (Å²) in [4.78, 5) is 0. The van der Waals surface area contributed by atoms with Crippen LogP contribution in [0.2, 0.25) is 0 Å². The third-order valence-electron chi connectivity index (χ3n) is 0. The van der Waals surface area contributed by atoms with Crippen molar-refractivity contribution in [3.8, 4) is 0 Å². The van der Waals surface area contributed by atoms with E-state index in [1.807, 2.05) is 20.8 Å². The molecule has 0 fully saturated rings. The van der Waals surface area contributed by atoms with Crippen molar-refractivity contribution in [1.29, 1.82) is 0 Å². The monoisotopic (exact) mass is 141 g/mol. The smallest absolute Gasteiger partial charge is 0.326 e. The maximum atomic E-state index is 9.67. The molecule has 0 aromatic rings. The molecule has 0 spiro atoms. The van der Waals surface area contributed by atoms with E-state index in [0.29, 0.717) is 0 Å². The molecule has 56 valence electrons. The minimum atomic E-state index is -3.67. The molecular weight excluding hydrogens is 130 g/mol. The summed E-state index contributed by atoms with van der Waals surface area (Å²) in [5.74, 6) is 0. The fourth-order valence-electron chi connectivity index (χ4n) is 0. The van der Waals surface area contributed by atoms with Crippen LogP contribution in [0.15, 0.2) is 0 Å². The van der Waals surface area contributed by atoms with Crippen LogP contribution in [-0.4, -0.2) is 13.1 Å². The largest absolute Gasteiger partial charge is 0.762 e. The first kappa shape index (κ1) is 11.6. The number of halogens is 3. The van der Waals surface area contributed by atoms with Crippen molar-refractivity contribution in [3.63, 3.8) is 0 Å². The highest BCUT2D eigenvalue weighted by Gasteiger charge is 2.06. The predicted octanol–water partition coefficient (Wildman–Crippen LogP) is 1.62. The Morgan fingerprint density at radius 3 is 1.11 bits per heavy atom. The number of rotatable bonds is 0. The van der Waals surface area contributed by atoms with Gasteiger partial charge in [-0.2, -0.15) is 0 Å². The van der Waals surface area contributed by atoms with Gasteiger partial charge in [0.2, 0.25) is 0 Å². The molecule has 0 aromatic heterocycles. The van der Waals surface area contributed by atoms with E-state index in [-0.39, 0.29) is 5.54 Å². The van der Waals surface area contributed by atoms with E-state index < -0.39 is 7.54 Å². The summed E-state index contributed by atoms with van der Waals surface area (Å²) in [6.07, 6.45) is 0. The molecule has 1 nitrogen and oxygen atoms in total. The SMILES string of the molecule is CC(C)(C)N.FB(F)F. The van der Waals surface area contributed by atoms with E-state index in [1.165, 1.54) is 0 Å². The Bertz CT molecular complexity index is 52.6. The maximum absolute atomic E-state index is 9.67. The van der Waals surface area contributed by atoms with E-state index in [9.17, 15) is 12.9 Å². The number of hydrogen-bond donors (Lipinski definition) is 1. The van der Waals surface area contributed by atoms with Crippen LogP contribution < -0.4 is 5.73 Å². The summed E-state index contributed by atoms with van der Waals surface area (Å²) in [6, 6.07) is 0. The second kappa shape index (κ2) is 4.67. The average Bonchev–Trinajstić information content (AvgIpc) is 1.19. The second-order valence-corrected chi connectivity index (χ2v) is 2.61. The zero-order valence-electron chi connectivity index (χ0n) is 5.79. The summed E-state index contributed by atoms with van der Waals surface area (Å²) >= 11 is 0. The Labute approximate surface area is 53.6 Å². The maximum Gasteiger partial charge on any atom is 0.762 e. The van der Waals surface area contributed by atoms with Crippen molar-refractivity contribution in [2.24, 2.45) is 5.73 Å². The van der Waals surface area contributed by atoms with E-state index in [0.717, 1.165) is 0 Å². The minimum Gasteiger partial charge on any atom is -0.326 e. The van der Waals surface area contributed by atoms with Crippen molar-refractivity contribution < 1.29 is 12.9 Å². The molecule has 0 rings (SSSR count). The van der Waals surface area contributed by atoms with Crippen LogP contribution in [0, 0.1) is 0 Å². The molecule has 0 saturated carbocycles. The fourth-order valence-corrected chi connectivity index (χ4v) is 0. The molecular formula is C4H11BF3N. The minimum absolute atomic E-state index is 0. The van der Waals surface area contributed by atoms with Crippen LogP contribution in [0.25, 0.3) is 0 Å². The molecule has 9 heavy (non-hydrogen) atoms. The van der Waals surface area contributed by atoms with Gasteiger partial charge in [0.1, 0.15) is 0 Å². The summed E-state index contributed by atoms with van der Waals surface area (Å²) in [6.45, 7) is 5.90. The molecule has 0 bridgehead atoms. The van der Waals surface area contributed by atoms with Gasteiger partial charge >= 0.3 is 7.54 Å². The van der Waals surface area contributed by atoms with E-state index >= 15 is 0 Å². The molecule has 0 aliphatic heterocycles. The van der Waals surface area contributed by atoms with Crippen LogP contribution in [-0.2, 0) is 0 Å².